The van der Waals surface area contributed by atoms with Crippen LogP contribution in [0.4, 0.5) is 10.1 Å². The average Bonchev–Trinajstić information content (AvgIpc) is 3.26. The Kier molecular flexibility index (Phi) is 4.14. The maximum absolute atomic E-state index is 14.6. The molecule has 0 saturated carbocycles. The molecule has 0 radical (unpaired) electrons. The molecule has 3 heterocycles. The second-order valence-corrected chi connectivity index (χ2v) is 9.38. The number of ether oxygens (including phenoxy) is 1. The molecular weight excluding hydrogens is 409 g/mol. The summed E-state index contributed by atoms with van der Waals surface area (Å²) in [6.45, 7) is 0.616. The first-order valence-corrected chi connectivity index (χ1v) is 11.7. The van der Waals surface area contributed by atoms with E-state index < -0.39 is 0 Å². The van der Waals surface area contributed by atoms with E-state index in [4.69, 9.17) is 4.74 Å². The van der Waals surface area contributed by atoms with Crippen LogP contribution in [0.2, 0.25) is 0 Å². The van der Waals surface area contributed by atoms with Gasteiger partial charge in [0.2, 0.25) is 0 Å². The number of fused-ring (bicyclic) bond motifs is 4. The maximum atomic E-state index is 14.6. The van der Waals surface area contributed by atoms with Crippen molar-refractivity contribution in [1.29, 1.82) is 0 Å². The molecule has 0 amide bonds. The molecule has 2 nitrogen and oxygen atoms in total. The van der Waals surface area contributed by atoms with E-state index in [0.717, 1.165) is 17.7 Å². The maximum Gasteiger partial charge on any atom is 0.124 e. The van der Waals surface area contributed by atoms with E-state index in [1.165, 1.54) is 34.0 Å². The normalized spacial score (nSPS) is 24.5. The third kappa shape index (κ3) is 2.78. The van der Waals surface area contributed by atoms with Gasteiger partial charge in [-0.15, -0.1) is 0 Å². The predicted molar refractivity (Wildman–Crippen MR) is 128 cm³/mol. The van der Waals surface area contributed by atoms with Gasteiger partial charge in [0.25, 0.3) is 0 Å². The van der Waals surface area contributed by atoms with Gasteiger partial charge in [0.15, 0.2) is 0 Å². The number of hydrogen-bond donors (Lipinski definition) is 0. The van der Waals surface area contributed by atoms with Crippen LogP contribution in [0.3, 0.4) is 0 Å². The number of rotatable bonds is 2. The van der Waals surface area contributed by atoms with Gasteiger partial charge < -0.3 is 9.64 Å². The zero-order valence-electron chi connectivity index (χ0n) is 18.2. The van der Waals surface area contributed by atoms with Crippen LogP contribution in [0.5, 0.6) is 5.75 Å². The van der Waals surface area contributed by atoms with Crippen LogP contribution in [0.1, 0.15) is 45.8 Å². The van der Waals surface area contributed by atoms with Gasteiger partial charge >= 0.3 is 0 Å². The Labute approximate surface area is 193 Å². The summed E-state index contributed by atoms with van der Waals surface area (Å²) < 4.78 is 20.8. The Hall–Kier alpha value is -3.59. The zero-order valence-corrected chi connectivity index (χ0v) is 18.2. The Morgan fingerprint density at radius 1 is 0.758 bits per heavy atom. The van der Waals surface area contributed by atoms with Gasteiger partial charge in [-0.1, -0.05) is 78.9 Å². The smallest absolute Gasteiger partial charge is 0.124 e. The Morgan fingerprint density at radius 2 is 1.52 bits per heavy atom. The van der Waals surface area contributed by atoms with Gasteiger partial charge in [0.05, 0.1) is 18.7 Å². The predicted octanol–water partition coefficient (Wildman–Crippen LogP) is 6.82. The number of benzene rings is 4. The minimum atomic E-state index is -0.205. The number of halogens is 1. The summed E-state index contributed by atoms with van der Waals surface area (Å²) in [5.41, 5.74) is 7.65. The summed E-state index contributed by atoms with van der Waals surface area (Å²) in [6, 6.07) is 33.5. The molecule has 162 valence electrons. The lowest BCUT2D eigenvalue weighted by Crippen LogP contribution is -2.46. The molecule has 4 aromatic carbocycles. The SMILES string of the molecule is Fc1ccc2c(c1)[C@H]1[C@@H](CO2)[C@H](c2ccccc2)c2cccc3c2N1[C@H](c1ccccc1)C3. The number of hydrogen-bond acceptors (Lipinski definition) is 2. The molecule has 0 N–H and O–H groups in total. The Bertz CT molecular complexity index is 1340. The van der Waals surface area contributed by atoms with E-state index in [1.807, 2.05) is 0 Å². The lowest BCUT2D eigenvalue weighted by Gasteiger charge is -2.50. The first-order chi connectivity index (χ1) is 16.3. The number of anilines is 1. The van der Waals surface area contributed by atoms with Crippen molar-refractivity contribution >= 4 is 5.69 Å². The molecule has 4 atom stereocenters. The van der Waals surface area contributed by atoms with Crippen LogP contribution in [-0.4, -0.2) is 6.61 Å². The van der Waals surface area contributed by atoms with Crippen molar-refractivity contribution in [3.8, 4) is 5.75 Å². The summed E-state index contributed by atoms with van der Waals surface area (Å²) in [7, 11) is 0. The highest BCUT2D eigenvalue weighted by Gasteiger charge is 2.51. The molecule has 0 spiro atoms. The average molecular weight is 434 g/mol. The van der Waals surface area contributed by atoms with Crippen molar-refractivity contribution in [1.82, 2.24) is 0 Å². The van der Waals surface area contributed by atoms with Crippen molar-refractivity contribution in [3.05, 3.63) is 131 Å². The number of nitrogens with zero attached hydrogens (tertiary/aromatic N) is 1. The summed E-state index contributed by atoms with van der Waals surface area (Å²) in [4.78, 5) is 2.59. The fraction of sp³-hybridized carbons (Fsp3) is 0.200. The van der Waals surface area contributed by atoms with Gasteiger partial charge in [0, 0.05) is 23.1 Å². The van der Waals surface area contributed by atoms with Crippen molar-refractivity contribution in [3.63, 3.8) is 0 Å². The Balaban J connectivity index is 1.50. The first kappa shape index (κ1) is 18.9. The van der Waals surface area contributed by atoms with Crippen molar-refractivity contribution in [2.75, 3.05) is 11.5 Å². The third-order valence-electron chi connectivity index (χ3n) is 7.69. The highest BCUT2D eigenvalue weighted by atomic mass is 19.1. The van der Waals surface area contributed by atoms with E-state index in [0.29, 0.717) is 6.61 Å². The second-order valence-electron chi connectivity index (χ2n) is 9.38. The fourth-order valence-corrected chi connectivity index (χ4v) is 6.43. The van der Waals surface area contributed by atoms with E-state index in [9.17, 15) is 4.39 Å². The summed E-state index contributed by atoms with van der Waals surface area (Å²) in [6.07, 6.45) is 0.962. The largest absolute Gasteiger partial charge is 0.493 e. The molecule has 0 aromatic heterocycles. The van der Waals surface area contributed by atoms with E-state index in [1.54, 1.807) is 12.1 Å². The minimum absolute atomic E-state index is 0.0519. The lowest BCUT2D eigenvalue weighted by molar-refractivity contribution is 0.165. The van der Waals surface area contributed by atoms with Crippen LogP contribution in [0.25, 0.3) is 0 Å². The van der Waals surface area contributed by atoms with Crippen LogP contribution >= 0.6 is 0 Å². The van der Waals surface area contributed by atoms with Gasteiger partial charge in [0.1, 0.15) is 11.6 Å². The van der Waals surface area contributed by atoms with E-state index in [2.05, 4.69) is 83.8 Å². The highest BCUT2D eigenvalue weighted by Crippen LogP contribution is 2.60. The quantitative estimate of drug-likeness (QED) is 0.344. The monoisotopic (exact) mass is 433 g/mol. The molecule has 3 heteroatoms. The molecular formula is C30H24FNO. The van der Waals surface area contributed by atoms with Crippen LogP contribution < -0.4 is 9.64 Å². The molecule has 0 fully saturated rings. The summed E-state index contributed by atoms with van der Waals surface area (Å²) >= 11 is 0. The van der Waals surface area contributed by atoms with E-state index in [-0.39, 0.29) is 29.7 Å². The minimum Gasteiger partial charge on any atom is -0.493 e. The lowest BCUT2D eigenvalue weighted by atomic mass is 9.70. The molecule has 0 saturated heterocycles. The van der Waals surface area contributed by atoms with Crippen LogP contribution in [0.15, 0.2) is 97.1 Å². The summed E-state index contributed by atoms with van der Waals surface area (Å²) in [5, 5.41) is 0. The van der Waals surface area contributed by atoms with Crippen molar-refractivity contribution < 1.29 is 9.13 Å². The Morgan fingerprint density at radius 3 is 2.30 bits per heavy atom. The fourth-order valence-electron chi connectivity index (χ4n) is 6.43. The standard InChI is InChI=1S/C30H24FNO/c31-22-14-15-27-24(17-22)30-25(18-33-27)28(20-10-5-2-6-11-20)23-13-7-12-21-16-26(32(30)29(21)23)19-8-3-1-4-9-19/h1-15,17,25-26,28,30H,16,18H2/t25-,26-,28+,30-/m0/s1. The zero-order chi connectivity index (χ0) is 21.9. The van der Waals surface area contributed by atoms with Crippen molar-refractivity contribution in [2.45, 2.75) is 24.4 Å². The molecule has 33 heavy (non-hydrogen) atoms. The van der Waals surface area contributed by atoms with Crippen molar-refractivity contribution in [2.24, 2.45) is 5.92 Å². The highest BCUT2D eigenvalue weighted by molar-refractivity contribution is 5.72. The van der Waals surface area contributed by atoms with Gasteiger partial charge in [-0.2, -0.15) is 0 Å². The second kappa shape index (κ2) is 7.21. The first-order valence-electron chi connectivity index (χ1n) is 11.7. The number of para-hydroxylation sites is 1. The molecule has 3 aliphatic rings. The third-order valence-corrected chi connectivity index (χ3v) is 7.69. The van der Waals surface area contributed by atoms with Gasteiger partial charge in [-0.3, -0.25) is 0 Å². The molecule has 0 aliphatic carbocycles. The molecule has 0 bridgehead atoms. The van der Waals surface area contributed by atoms with E-state index >= 15 is 0 Å². The molecule has 3 aliphatic heterocycles. The van der Waals surface area contributed by atoms with Crippen LogP contribution in [-0.2, 0) is 6.42 Å². The van der Waals surface area contributed by atoms with Crippen LogP contribution in [0, 0.1) is 11.7 Å². The summed E-state index contributed by atoms with van der Waals surface area (Å²) in [5.74, 6) is 0.995. The molecule has 0 unspecified atom stereocenters. The molecule has 4 aromatic rings. The van der Waals surface area contributed by atoms with Gasteiger partial charge in [-0.05, 0) is 46.9 Å². The molecule has 7 rings (SSSR count). The van der Waals surface area contributed by atoms with Gasteiger partial charge in [-0.25, -0.2) is 4.39 Å². The topological polar surface area (TPSA) is 12.5 Å².